The van der Waals surface area contributed by atoms with E-state index in [2.05, 4.69) is 9.67 Å². The Hall–Kier alpha value is -3.34. The molecule has 3 aliphatic rings. The first kappa shape index (κ1) is 26.3. The van der Waals surface area contributed by atoms with Crippen LogP contribution in [-0.4, -0.2) is 60.2 Å². The van der Waals surface area contributed by atoms with E-state index in [1.807, 2.05) is 4.90 Å². The highest BCUT2D eigenvalue weighted by atomic mass is 19.4. The quantitative estimate of drug-likeness (QED) is 0.598. The number of anilines is 2. The molecule has 0 aliphatic carbocycles. The van der Waals surface area contributed by atoms with Gasteiger partial charge < -0.3 is 20.3 Å². The highest BCUT2D eigenvalue weighted by Crippen LogP contribution is 2.44. The summed E-state index contributed by atoms with van der Waals surface area (Å²) in [4.78, 5) is 19.8. The van der Waals surface area contributed by atoms with E-state index < -0.39 is 11.7 Å². The summed E-state index contributed by atoms with van der Waals surface area (Å²) in [5.74, 6) is 0.617. The second kappa shape index (κ2) is 10.4. The number of hydrogen-bond donors (Lipinski definition) is 1. The van der Waals surface area contributed by atoms with Gasteiger partial charge in [0.1, 0.15) is 0 Å². The number of nitrogens with two attached hydrogens (primary N) is 1. The SMILES string of the molecule is CN=CC(=CN)c1cc2c(cc1C(F)(F)F)N(c1nn(C3CCOCC3)c3c1CN(C(C)=O)CC3)CCC2. The molecule has 2 aromatic rings. The van der Waals surface area contributed by atoms with Gasteiger partial charge in [-0.15, -0.1) is 0 Å². The van der Waals surface area contributed by atoms with E-state index in [9.17, 15) is 18.0 Å². The number of halogens is 3. The standard InChI is InChI=1S/C27H33F3N6O2/c1-17(37)34-9-5-24-22(16-34)26(33-36(24)20-6-10-38-11-7-20)35-8-3-4-18-12-21(19(14-31)15-32-2)23(13-25(18)35)27(28,29)30/h12-15,20H,3-11,16,31H2,1-2H3. The number of aryl methyl sites for hydroxylation is 1. The molecule has 0 bridgehead atoms. The zero-order chi connectivity index (χ0) is 27.0. The maximum atomic E-state index is 14.3. The zero-order valence-corrected chi connectivity index (χ0v) is 21.7. The molecule has 8 nitrogen and oxygen atoms in total. The highest BCUT2D eigenvalue weighted by molar-refractivity contribution is 6.10. The first-order valence-corrected chi connectivity index (χ1v) is 13.0. The number of allylic oxidation sites excluding steroid dienone is 1. The van der Waals surface area contributed by atoms with Crippen molar-refractivity contribution in [1.82, 2.24) is 14.7 Å². The Morgan fingerprint density at radius 3 is 2.63 bits per heavy atom. The zero-order valence-electron chi connectivity index (χ0n) is 21.7. The first-order valence-electron chi connectivity index (χ1n) is 13.0. The monoisotopic (exact) mass is 530 g/mol. The normalized spacial score (nSPS) is 19.1. The predicted octanol–water partition coefficient (Wildman–Crippen LogP) is 4.24. The van der Waals surface area contributed by atoms with E-state index in [1.165, 1.54) is 19.3 Å². The summed E-state index contributed by atoms with van der Waals surface area (Å²) < 4.78 is 50.6. The minimum absolute atomic E-state index is 0.0173. The van der Waals surface area contributed by atoms with Crippen molar-refractivity contribution in [2.24, 2.45) is 10.7 Å². The average molecular weight is 531 g/mol. The van der Waals surface area contributed by atoms with Crippen molar-refractivity contribution in [3.63, 3.8) is 0 Å². The molecule has 1 aromatic heterocycles. The second-order valence-electron chi connectivity index (χ2n) is 10.0. The molecule has 0 saturated carbocycles. The minimum Gasteiger partial charge on any atom is -0.404 e. The van der Waals surface area contributed by atoms with Crippen molar-refractivity contribution in [1.29, 1.82) is 0 Å². The summed E-state index contributed by atoms with van der Waals surface area (Å²) in [6.45, 7) is 4.38. The summed E-state index contributed by atoms with van der Waals surface area (Å²) in [6, 6.07) is 2.98. The van der Waals surface area contributed by atoms with Gasteiger partial charge in [-0.05, 0) is 48.9 Å². The van der Waals surface area contributed by atoms with Crippen molar-refractivity contribution in [2.75, 3.05) is 38.3 Å². The molecule has 204 valence electrons. The second-order valence-corrected chi connectivity index (χ2v) is 10.0. The van der Waals surface area contributed by atoms with Gasteiger partial charge in [0.05, 0.1) is 18.2 Å². The number of amides is 1. The Bertz CT molecular complexity index is 1280. The van der Waals surface area contributed by atoms with Crippen LogP contribution in [0, 0.1) is 0 Å². The summed E-state index contributed by atoms with van der Waals surface area (Å²) >= 11 is 0. The van der Waals surface area contributed by atoms with Crippen molar-refractivity contribution >= 4 is 29.2 Å². The number of nitrogens with zero attached hydrogens (tertiary/aromatic N) is 5. The van der Waals surface area contributed by atoms with Crippen LogP contribution < -0.4 is 10.6 Å². The van der Waals surface area contributed by atoms with Crippen LogP contribution in [0.1, 0.15) is 60.2 Å². The summed E-state index contributed by atoms with van der Waals surface area (Å²) in [7, 11) is 1.50. The van der Waals surface area contributed by atoms with Gasteiger partial charge in [0.25, 0.3) is 0 Å². The molecule has 5 rings (SSSR count). The Morgan fingerprint density at radius 2 is 1.97 bits per heavy atom. The fourth-order valence-corrected chi connectivity index (χ4v) is 5.81. The molecule has 0 spiro atoms. The number of aliphatic imine (C=N–C) groups is 1. The van der Waals surface area contributed by atoms with E-state index in [0.29, 0.717) is 57.2 Å². The van der Waals surface area contributed by atoms with Crippen LogP contribution in [0.3, 0.4) is 0 Å². The number of ether oxygens (including phenoxy) is 1. The molecular formula is C27H33F3N6O2. The molecule has 4 heterocycles. The number of hydrogen-bond acceptors (Lipinski definition) is 6. The van der Waals surface area contributed by atoms with E-state index in [4.69, 9.17) is 15.6 Å². The molecule has 3 aliphatic heterocycles. The minimum atomic E-state index is -4.59. The van der Waals surface area contributed by atoms with Crippen LogP contribution in [0.5, 0.6) is 0 Å². The maximum Gasteiger partial charge on any atom is 0.417 e. The summed E-state index contributed by atoms with van der Waals surface area (Å²) in [5, 5.41) is 5.04. The number of aromatic nitrogens is 2. The molecular weight excluding hydrogens is 497 g/mol. The van der Waals surface area contributed by atoms with Gasteiger partial charge in [0.2, 0.25) is 5.91 Å². The molecule has 0 unspecified atom stereocenters. The van der Waals surface area contributed by atoms with Crippen molar-refractivity contribution in [3.8, 4) is 0 Å². The van der Waals surface area contributed by atoms with Gasteiger partial charge in [-0.2, -0.15) is 18.3 Å². The van der Waals surface area contributed by atoms with Crippen LogP contribution in [0.2, 0.25) is 0 Å². The Balaban J connectivity index is 1.66. The number of alkyl halides is 3. The Morgan fingerprint density at radius 1 is 1.21 bits per heavy atom. The van der Waals surface area contributed by atoms with Gasteiger partial charge in [-0.1, -0.05) is 0 Å². The van der Waals surface area contributed by atoms with Crippen LogP contribution in [-0.2, 0) is 35.1 Å². The molecule has 0 atom stereocenters. The van der Waals surface area contributed by atoms with Crippen LogP contribution in [0.15, 0.2) is 23.3 Å². The van der Waals surface area contributed by atoms with E-state index in [1.54, 1.807) is 17.9 Å². The molecule has 0 radical (unpaired) electrons. The van der Waals surface area contributed by atoms with Crippen molar-refractivity contribution < 1.29 is 22.7 Å². The molecule has 1 aromatic carbocycles. The Kier molecular flexibility index (Phi) is 7.21. The third kappa shape index (κ3) is 4.79. The van der Waals surface area contributed by atoms with E-state index in [-0.39, 0.29) is 23.1 Å². The fraction of sp³-hybridized carbons (Fsp3) is 0.519. The fourth-order valence-electron chi connectivity index (χ4n) is 5.81. The Labute approximate surface area is 219 Å². The number of carbonyl (C=O) groups excluding carboxylic acids is 1. The lowest BCUT2D eigenvalue weighted by Crippen LogP contribution is -2.36. The molecule has 38 heavy (non-hydrogen) atoms. The third-order valence-electron chi connectivity index (χ3n) is 7.70. The third-order valence-corrected chi connectivity index (χ3v) is 7.70. The molecule has 11 heteroatoms. The molecule has 2 N–H and O–H groups in total. The van der Waals surface area contributed by atoms with Gasteiger partial charge in [0.15, 0.2) is 5.82 Å². The first-order chi connectivity index (χ1) is 18.2. The van der Waals surface area contributed by atoms with E-state index in [0.717, 1.165) is 42.3 Å². The van der Waals surface area contributed by atoms with Gasteiger partial charge in [0, 0.05) is 81.6 Å². The summed E-state index contributed by atoms with van der Waals surface area (Å²) in [6.07, 6.45) is 1.64. The van der Waals surface area contributed by atoms with Gasteiger partial charge >= 0.3 is 6.18 Å². The van der Waals surface area contributed by atoms with Crippen LogP contribution in [0.25, 0.3) is 5.57 Å². The average Bonchev–Trinajstić information content (AvgIpc) is 3.29. The number of carbonyl (C=O) groups is 1. The smallest absolute Gasteiger partial charge is 0.404 e. The van der Waals surface area contributed by atoms with E-state index >= 15 is 0 Å². The molecule has 1 saturated heterocycles. The number of rotatable bonds is 4. The number of fused-ring (bicyclic) bond motifs is 2. The maximum absolute atomic E-state index is 14.3. The summed E-state index contributed by atoms with van der Waals surface area (Å²) in [5.41, 5.74) is 8.46. The van der Waals surface area contributed by atoms with Crippen molar-refractivity contribution in [3.05, 3.63) is 46.3 Å². The van der Waals surface area contributed by atoms with Crippen molar-refractivity contribution in [2.45, 2.75) is 57.8 Å². The van der Waals surface area contributed by atoms with Gasteiger partial charge in [-0.3, -0.25) is 14.5 Å². The number of benzene rings is 1. The molecule has 1 amide bonds. The topological polar surface area (TPSA) is 89.0 Å². The van der Waals surface area contributed by atoms with Crippen LogP contribution >= 0.6 is 0 Å². The predicted molar refractivity (Wildman–Crippen MR) is 139 cm³/mol. The highest BCUT2D eigenvalue weighted by Gasteiger charge is 2.38. The van der Waals surface area contributed by atoms with Gasteiger partial charge in [-0.25, -0.2) is 0 Å². The lowest BCUT2D eigenvalue weighted by atomic mass is 9.91. The molecule has 1 fully saturated rings. The largest absolute Gasteiger partial charge is 0.417 e. The van der Waals surface area contributed by atoms with Crippen LogP contribution in [0.4, 0.5) is 24.7 Å². The lowest BCUT2D eigenvalue weighted by molar-refractivity contribution is -0.137. The lowest BCUT2D eigenvalue weighted by Gasteiger charge is -2.33.